The Balaban J connectivity index is 2.31. The molecular weight excluding hydrogens is 613 g/mol. The van der Waals surface area contributed by atoms with Gasteiger partial charge in [-0.05, 0) is 98.2 Å². The summed E-state index contributed by atoms with van der Waals surface area (Å²) in [6, 6.07) is 9.08. The minimum absolute atomic E-state index is 0.209. The molecule has 3 N–H and O–H groups in total. The van der Waals surface area contributed by atoms with E-state index in [-0.39, 0.29) is 11.6 Å². The second kappa shape index (κ2) is 15.0. The lowest BCUT2D eigenvalue weighted by Gasteiger charge is -2.31. The van der Waals surface area contributed by atoms with Crippen molar-refractivity contribution in [3.05, 3.63) is 58.1 Å². The quantitative estimate of drug-likeness (QED) is 0.192. The van der Waals surface area contributed by atoms with E-state index in [4.69, 9.17) is 42.1 Å². The summed E-state index contributed by atoms with van der Waals surface area (Å²) in [5, 5.41) is 8.44. The summed E-state index contributed by atoms with van der Waals surface area (Å²) < 4.78 is 22.3. The van der Waals surface area contributed by atoms with E-state index >= 15 is 0 Å². The molecule has 0 saturated heterocycles. The van der Waals surface area contributed by atoms with Gasteiger partial charge in [-0.2, -0.15) is 0 Å². The van der Waals surface area contributed by atoms with Gasteiger partial charge in [0.1, 0.15) is 16.8 Å². The van der Waals surface area contributed by atoms with Crippen molar-refractivity contribution in [3.8, 4) is 0 Å². The highest BCUT2D eigenvalue weighted by atomic mass is 35.5. The Morgan fingerprint density at radius 1 is 0.750 bits per heavy atom. The van der Waals surface area contributed by atoms with Gasteiger partial charge in [-0.25, -0.2) is 19.2 Å². The van der Waals surface area contributed by atoms with E-state index < -0.39 is 53.0 Å². The number of urea groups is 1. The van der Waals surface area contributed by atoms with Gasteiger partial charge in [-0.3, -0.25) is 0 Å². The molecule has 0 saturated carbocycles. The zero-order valence-electron chi connectivity index (χ0n) is 26.4. The molecule has 0 aromatic heterocycles. The Bertz CT molecular complexity index is 1350. The number of ether oxygens (including phenoxy) is 4. The molecule has 0 fully saturated rings. The van der Waals surface area contributed by atoms with Crippen LogP contribution >= 0.6 is 23.2 Å². The van der Waals surface area contributed by atoms with Crippen molar-refractivity contribution < 1.29 is 38.1 Å². The molecule has 0 heterocycles. The number of nitrogens with one attached hydrogen (secondary N) is 3. The van der Waals surface area contributed by atoms with Crippen LogP contribution in [0.5, 0.6) is 0 Å². The zero-order valence-corrected chi connectivity index (χ0v) is 27.9. The van der Waals surface area contributed by atoms with Crippen molar-refractivity contribution in [1.29, 1.82) is 0 Å². The number of hydrogen-bond acceptors (Lipinski definition) is 8. The molecule has 0 aliphatic heterocycles. The molecule has 44 heavy (non-hydrogen) atoms. The van der Waals surface area contributed by atoms with Crippen molar-refractivity contribution in [3.63, 3.8) is 0 Å². The number of benzene rings is 2. The summed E-state index contributed by atoms with van der Waals surface area (Å²) in [6.45, 7) is 14.7. The fraction of sp³-hybridized carbons (Fsp3) is 0.484. The highest BCUT2D eigenvalue weighted by Crippen LogP contribution is 2.26. The topological polar surface area (TPSA) is 141 Å². The second-order valence-corrected chi connectivity index (χ2v) is 13.7. The highest BCUT2D eigenvalue weighted by Gasteiger charge is 2.42. The zero-order chi connectivity index (χ0) is 33.5. The lowest BCUT2D eigenvalue weighted by atomic mass is 10.1. The van der Waals surface area contributed by atoms with Crippen molar-refractivity contribution >= 4 is 58.6 Å². The van der Waals surface area contributed by atoms with Gasteiger partial charge in [0, 0.05) is 10.7 Å². The molecule has 11 nitrogen and oxygen atoms in total. The first-order chi connectivity index (χ1) is 20.1. The van der Waals surface area contributed by atoms with Crippen LogP contribution in [0, 0.1) is 0 Å². The Morgan fingerprint density at radius 3 is 1.91 bits per heavy atom. The van der Waals surface area contributed by atoms with Crippen LogP contribution in [-0.4, -0.2) is 53.0 Å². The minimum atomic E-state index is -1.62. The van der Waals surface area contributed by atoms with Gasteiger partial charge in [0.2, 0.25) is 0 Å². The smallest absolute Gasteiger partial charge is 0.408 e. The van der Waals surface area contributed by atoms with Gasteiger partial charge in [0.15, 0.2) is 12.1 Å². The van der Waals surface area contributed by atoms with Crippen molar-refractivity contribution in [1.82, 2.24) is 5.32 Å². The molecule has 0 unspecified atom stereocenters. The first kappa shape index (κ1) is 36.7. The molecule has 3 amide bonds. The van der Waals surface area contributed by atoms with Gasteiger partial charge in [-0.15, -0.1) is 0 Å². The number of rotatable bonds is 9. The van der Waals surface area contributed by atoms with Crippen molar-refractivity contribution in [2.75, 3.05) is 10.6 Å². The standard InChI is InChI=1S/C31H41Cl2N3O8/c1-29(2,3)42-25(37)23(36-28(40)44-31(7,8)9)24(26(38)43-30(4,5)6)41-17-18-11-10-12-20(15-18)34-27(39)35-22-14-13-19(32)16-21(22)33/h10-16,23-24H,17H2,1-9H3,(H,36,40)(H2,34,35,39)/t23-,24-/m0/s1. The van der Waals surface area contributed by atoms with Crippen LogP contribution in [0.15, 0.2) is 42.5 Å². The van der Waals surface area contributed by atoms with E-state index in [1.54, 1.807) is 98.7 Å². The average molecular weight is 655 g/mol. The van der Waals surface area contributed by atoms with E-state index in [1.807, 2.05) is 0 Å². The van der Waals surface area contributed by atoms with Crippen molar-refractivity contribution in [2.24, 2.45) is 0 Å². The number of amides is 3. The molecule has 2 atom stereocenters. The largest absolute Gasteiger partial charge is 0.458 e. The molecular formula is C31H41Cl2N3O8. The fourth-order valence-electron chi connectivity index (χ4n) is 3.52. The maximum absolute atomic E-state index is 13.4. The molecule has 0 bridgehead atoms. The molecule has 2 aromatic carbocycles. The van der Waals surface area contributed by atoms with E-state index in [1.165, 1.54) is 6.07 Å². The maximum atomic E-state index is 13.4. The third kappa shape index (κ3) is 13.4. The van der Waals surface area contributed by atoms with Crippen LogP contribution in [0.25, 0.3) is 0 Å². The van der Waals surface area contributed by atoms with E-state index in [9.17, 15) is 19.2 Å². The molecule has 0 aliphatic rings. The molecule has 0 spiro atoms. The van der Waals surface area contributed by atoms with Gasteiger partial charge < -0.3 is 34.9 Å². The van der Waals surface area contributed by atoms with Crippen LogP contribution < -0.4 is 16.0 Å². The van der Waals surface area contributed by atoms with Gasteiger partial charge in [0.25, 0.3) is 0 Å². The van der Waals surface area contributed by atoms with E-state index in [0.717, 1.165) is 0 Å². The molecule has 2 aromatic rings. The lowest BCUT2D eigenvalue weighted by molar-refractivity contribution is -0.180. The van der Waals surface area contributed by atoms with Crippen molar-refractivity contribution in [2.45, 2.75) is 97.9 Å². The predicted molar refractivity (Wildman–Crippen MR) is 169 cm³/mol. The normalized spacial score (nSPS) is 13.2. The molecule has 0 radical (unpaired) electrons. The van der Waals surface area contributed by atoms with Crippen LogP contribution in [0.3, 0.4) is 0 Å². The number of halogens is 2. The first-order valence-electron chi connectivity index (χ1n) is 13.8. The SMILES string of the molecule is CC(C)(C)OC(=O)N[C@H](C(=O)OC(C)(C)C)[C@H](OCc1cccc(NC(=O)Nc2ccc(Cl)cc2Cl)c1)C(=O)OC(C)(C)C. The summed E-state index contributed by atoms with van der Waals surface area (Å²) in [6.07, 6.45) is -2.58. The number of anilines is 2. The third-order valence-corrected chi connectivity index (χ3v) is 5.62. The Morgan fingerprint density at radius 2 is 1.34 bits per heavy atom. The monoisotopic (exact) mass is 653 g/mol. The number of alkyl carbamates (subject to hydrolysis) is 1. The van der Waals surface area contributed by atoms with Crippen LogP contribution in [0.2, 0.25) is 10.0 Å². The Labute approximate surface area is 268 Å². The highest BCUT2D eigenvalue weighted by molar-refractivity contribution is 6.36. The maximum Gasteiger partial charge on any atom is 0.408 e. The summed E-state index contributed by atoms with van der Waals surface area (Å²) in [5.74, 6) is -1.83. The fourth-order valence-corrected chi connectivity index (χ4v) is 3.97. The number of carbonyl (C=O) groups is 4. The molecule has 242 valence electrons. The van der Waals surface area contributed by atoms with Gasteiger partial charge in [-0.1, -0.05) is 35.3 Å². The summed E-state index contributed by atoms with van der Waals surface area (Å²) in [5.41, 5.74) is -1.48. The van der Waals surface area contributed by atoms with E-state index in [0.29, 0.717) is 22.0 Å². The first-order valence-corrected chi connectivity index (χ1v) is 14.6. The van der Waals surface area contributed by atoms with Crippen LogP contribution in [0.4, 0.5) is 21.0 Å². The van der Waals surface area contributed by atoms with Gasteiger partial charge >= 0.3 is 24.1 Å². The lowest BCUT2D eigenvalue weighted by Crippen LogP contribution is -2.56. The number of hydrogen-bond donors (Lipinski definition) is 3. The van der Waals surface area contributed by atoms with Gasteiger partial charge in [0.05, 0.1) is 17.3 Å². The van der Waals surface area contributed by atoms with Crippen LogP contribution in [0.1, 0.15) is 67.9 Å². The second-order valence-electron chi connectivity index (χ2n) is 12.8. The molecule has 0 aliphatic carbocycles. The predicted octanol–water partition coefficient (Wildman–Crippen LogP) is 7.10. The van der Waals surface area contributed by atoms with E-state index in [2.05, 4.69) is 16.0 Å². The summed E-state index contributed by atoms with van der Waals surface area (Å²) in [4.78, 5) is 52.0. The third-order valence-electron chi connectivity index (χ3n) is 5.07. The average Bonchev–Trinajstić information content (AvgIpc) is 2.82. The van der Waals surface area contributed by atoms with Crippen LogP contribution in [-0.2, 0) is 35.1 Å². The minimum Gasteiger partial charge on any atom is -0.458 e. The summed E-state index contributed by atoms with van der Waals surface area (Å²) >= 11 is 12.0. The molecule has 2 rings (SSSR count). The summed E-state index contributed by atoms with van der Waals surface area (Å²) in [7, 11) is 0. The number of carbonyl (C=O) groups excluding carboxylic acids is 4. The number of esters is 2. The Hall–Kier alpha value is -3.54. The molecule has 13 heteroatoms. The Kier molecular flexibility index (Phi) is 12.5.